The summed E-state index contributed by atoms with van der Waals surface area (Å²) in [6.07, 6.45) is 0.940. The molecule has 1 unspecified atom stereocenters. The molecular weight excluding hydrogens is 350 g/mol. The summed E-state index contributed by atoms with van der Waals surface area (Å²) in [6, 6.07) is 25.9. The Hall–Kier alpha value is -2.82. The van der Waals surface area contributed by atoms with Gasteiger partial charge >= 0.3 is 0 Å². The first kappa shape index (κ1) is 18.5. The highest BCUT2D eigenvalue weighted by Gasteiger charge is 2.30. The molecule has 3 aromatic carbocycles. The predicted molar refractivity (Wildman–Crippen MR) is 110 cm³/mol. The molecule has 4 nitrogen and oxygen atoms in total. The van der Waals surface area contributed by atoms with Crippen LogP contribution in [0.5, 0.6) is 23.0 Å². The van der Waals surface area contributed by atoms with E-state index >= 15 is 0 Å². The van der Waals surface area contributed by atoms with Gasteiger partial charge in [-0.05, 0) is 74.4 Å². The second kappa shape index (κ2) is 8.05. The molecule has 1 N–H and O–H groups in total. The summed E-state index contributed by atoms with van der Waals surface area (Å²) in [7, 11) is 0. The molecule has 1 heterocycles. The highest BCUT2D eigenvalue weighted by molar-refractivity contribution is 5.38. The Balaban J connectivity index is 1.33. The summed E-state index contributed by atoms with van der Waals surface area (Å²) in [5.41, 5.74) is 1.03. The van der Waals surface area contributed by atoms with E-state index in [0.29, 0.717) is 6.04 Å². The Bertz CT molecular complexity index is 889. The predicted octanol–water partition coefficient (Wildman–Crippen LogP) is 5.54. The summed E-state index contributed by atoms with van der Waals surface area (Å²) in [6.45, 7) is 4.85. The fraction of sp³-hybridized carbons (Fsp3) is 0.250. The zero-order chi connectivity index (χ0) is 19.4. The minimum Gasteiger partial charge on any atom is -0.457 e. The van der Waals surface area contributed by atoms with E-state index in [0.717, 1.165) is 36.0 Å². The lowest BCUT2D eigenvalue weighted by atomic mass is 10.1. The van der Waals surface area contributed by atoms with Crippen LogP contribution in [-0.2, 0) is 11.2 Å². The summed E-state index contributed by atoms with van der Waals surface area (Å²) in [5.74, 6) is 3.19. The van der Waals surface area contributed by atoms with E-state index in [9.17, 15) is 0 Å². The Morgan fingerprint density at radius 3 is 1.79 bits per heavy atom. The first-order valence-electron chi connectivity index (χ1n) is 9.57. The summed E-state index contributed by atoms with van der Waals surface area (Å²) in [5, 5.41) is 3.49. The molecule has 28 heavy (non-hydrogen) atoms. The summed E-state index contributed by atoms with van der Waals surface area (Å²) in [4.78, 5) is 0. The Kier molecular flexibility index (Phi) is 5.33. The first-order chi connectivity index (χ1) is 13.6. The van der Waals surface area contributed by atoms with Crippen molar-refractivity contribution in [2.75, 3.05) is 6.61 Å². The average molecular weight is 375 g/mol. The van der Waals surface area contributed by atoms with Crippen molar-refractivity contribution >= 4 is 0 Å². The Labute approximate surface area is 166 Å². The maximum absolute atomic E-state index is 5.95. The third-order valence-electron chi connectivity index (χ3n) is 4.64. The fourth-order valence-corrected chi connectivity index (χ4v) is 3.31. The molecule has 0 amide bonds. The van der Waals surface area contributed by atoms with Crippen LogP contribution in [0, 0.1) is 0 Å². The molecule has 0 saturated carbocycles. The van der Waals surface area contributed by atoms with Crippen molar-refractivity contribution in [1.29, 1.82) is 0 Å². The van der Waals surface area contributed by atoms with Crippen LogP contribution in [0.15, 0.2) is 78.9 Å². The van der Waals surface area contributed by atoms with Crippen LogP contribution in [0.4, 0.5) is 0 Å². The molecule has 4 heteroatoms. The number of hydrogen-bond acceptors (Lipinski definition) is 4. The van der Waals surface area contributed by atoms with Crippen molar-refractivity contribution < 1.29 is 14.2 Å². The van der Waals surface area contributed by atoms with Gasteiger partial charge in [0.25, 0.3) is 0 Å². The van der Waals surface area contributed by atoms with E-state index in [-0.39, 0.29) is 5.72 Å². The monoisotopic (exact) mass is 375 g/mol. The highest BCUT2D eigenvalue weighted by atomic mass is 16.5. The SMILES string of the molecule is CC1(C)NC(Cc2ccc(Oc3ccc(Oc4ccccc4)cc3)cc2)CO1. The van der Waals surface area contributed by atoms with E-state index in [2.05, 4.69) is 31.3 Å². The van der Waals surface area contributed by atoms with Gasteiger partial charge in [-0.25, -0.2) is 0 Å². The van der Waals surface area contributed by atoms with Crippen molar-refractivity contribution in [2.24, 2.45) is 0 Å². The lowest BCUT2D eigenvalue weighted by molar-refractivity contribution is 0.0231. The molecule has 1 atom stereocenters. The molecule has 3 aromatic rings. The van der Waals surface area contributed by atoms with Crippen LogP contribution in [-0.4, -0.2) is 18.4 Å². The lowest BCUT2D eigenvalue weighted by Crippen LogP contribution is -2.39. The highest BCUT2D eigenvalue weighted by Crippen LogP contribution is 2.27. The molecule has 0 aromatic heterocycles. The minimum atomic E-state index is -0.232. The molecule has 0 bridgehead atoms. The second-order valence-electron chi connectivity index (χ2n) is 7.50. The van der Waals surface area contributed by atoms with Gasteiger partial charge in [-0.15, -0.1) is 0 Å². The third-order valence-corrected chi connectivity index (χ3v) is 4.64. The number of rotatable bonds is 6. The van der Waals surface area contributed by atoms with Crippen LogP contribution >= 0.6 is 0 Å². The zero-order valence-corrected chi connectivity index (χ0v) is 16.2. The topological polar surface area (TPSA) is 39.7 Å². The molecule has 0 spiro atoms. The zero-order valence-electron chi connectivity index (χ0n) is 16.2. The maximum atomic E-state index is 5.95. The van der Waals surface area contributed by atoms with Gasteiger partial charge in [0, 0.05) is 6.04 Å². The molecule has 1 fully saturated rings. The number of ether oxygens (including phenoxy) is 3. The standard InChI is InChI=1S/C24H25NO3/c1-24(2)25-19(17-26-24)16-18-8-10-21(11-9-18)28-23-14-12-22(13-15-23)27-20-6-4-3-5-7-20/h3-15,19,25H,16-17H2,1-2H3. The van der Waals surface area contributed by atoms with Crippen molar-refractivity contribution in [3.05, 3.63) is 84.4 Å². The first-order valence-corrected chi connectivity index (χ1v) is 9.57. The van der Waals surface area contributed by atoms with E-state index in [4.69, 9.17) is 14.2 Å². The van der Waals surface area contributed by atoms with E-state index < -0.39 is 0 Å². The Morgan fingerprint density at radius 2 is 1.29 bits per heavy atom. The van der Waals surface area contributed by atoms with Gasteiger partial charge < -0.3 is 14.2 Å². The quantitative estimate of drug-likeness (QED) is 0.614. The van der Waals surface area contributed by atoms with Gasteiger partial charge in [0.15, 0.2) is 0 Å². The molecular formula is C24H25NO3. The van der Waals surface area contributed by atoms with E-state index in [1.54, 1.807) is 0 Å². The molecule has 0 radical (unpaired) electrons. The van der Waals surface area contributed by atoms with Gasteiger partial charge in [-0.3, -0.25) is 5.32 Å². The van der Waals surface area contributed by atoms with Crippen LogP contribution in [0.1, 0.15) is 19.4 Å². The molecule has 1 aliphatic rings. The number of nitrogens with one attached hydrogen (secondary N) is 1. The van der Waals surface area contributed by atoms with Gasteiger partial charge in [-0.2, -0.15) is 0 Å². The van der Waals surface area contributed by atoms with Crippen LogP contribution in [0.2, 0.25) is 0 Å². The van der Waals surface area contributed by atoms with Crippen molar-refractivity contribution in [1.82, 2.24) is 5.32 Å². The van der Waals surface area contributed by atoms with Gasteiger partial charge in [0.1, 0.15) is 28.7 Å². The van der Waals surface area contributed by atoms with Gasteiger partial charge in [0.05, 0.1) is 6.61 Å². The van der Waals surface area contributed by atoms with Crippen LogP contribution in [0.25, 0.3) is 0 Å². The average Bonchev–Trinajstić information content (AvgIpc) is 3.04. The van der Waals surface area contributed by atoms with Crippen molar-refractivity contribution in [3.8, 4) is 23.0 Å². The van der Waals surface area contributed by atoms with Crippen LogP contribution < -0.4 is 14.8 Å². The molecule has 0 aliphatic carbocycles. The van der Waals surface area contributed by atoms with E-state index in [1.807, 2.05) is 66.7 Å². The van der Waals surface area contributed by atoms with E-state index in [1.165, 1.54) is 5.56 Å². The maximum Gasteiger partial charge on any atom is 0.127 e. The second-order valence-corrected chi connectivity index (χ2v) is 7.50. The largest absolute Gasteiger partial charge is 0.457 e. The minimum absolute atomic E-state index is 0.232. The molecule has 1 aliphatic heterocycles. The Morgan fingerprint density at radius 1 is 0.786 bits per heavy atom. The van der Waals surface area contributed by atoms with Gasteiger partial charge in [-0.1, -0.05) is 30.3 Å². The molecule has 1 saturated heterocycles. The lowest BCUT2D eigenvalue weighted by Gasteiger charge is -2.18. The fourth-order valence-electron chi connectivity index (χ4n) is 3.31. The van der Waals surface area contributed by atoms with Gasteiger partial charge in [0.2, 0.25) is 0 Å². The summed E-state index contributed by atoms with van der Waals surface area (Å²) >= 11 is 0. The molecule has 144 valence electrons. The van der Waals surface area contributed by atoms with Crippen molar-refractivity contribution in [2.45, 2.75) is 32.0 Å². The smallest absolute Gasteiger partial charge is 0.127 e. The number of para-hydroxylation sites is 1. The normalized spacial score (nSPS) is 18.0. The number of hydrogen-bond donors (Lipinski definition) is 1. The van der Waals surface area contributed by atoms with Crippen molar-refractivity contribution in [3.63, 3.8) is 0 Å². The summed E-state index contributed by atoms with van der Waals surface area (Å²) < 4.78 is 17.5. The number of benzene rings is 3. The third kappa shape index (κ3) is 4.91. The van der Waals surface area contributed by atoms with Crippen LogP contribution in [0.3, 0.4) is 0 Å². The molecule has 4 rings (SSSR count).